The van der Waals surface area contributed by atoms with Crippen LogP contribution in [0.5, 0.6) is 5.75 Å². The first-order chi connectivity index (χ1) is 9.28. The maximum absolute atomic E-state index is 12.0. The number of methoxy groups -OCH3 is 1. The topological polar surface area (TPSA) is 43.6 Å². The number of benzene rings is 1. The quantitative estimate of drug-likeness (QED) is 0.703. The summed E-state index contributed by atoms with van der Waals surface area (Å²) in [5, 5.41) is 0. The molecule has 0 radical (unpaired) electrons. The van der Waals surface area contributed by atoms with E-state index in [1.54, 1.807) is 19.4 Å². The number of ether oxygens (including phenoxy) is 1. The molecule has 2 aromatic heterocycles. The van der Waals surface area contributed by atoms with Crippen molar-refractivity contribution in [3.05, 3.63) is 65.1 Å². The van der Waals surface area contributed by atoms with Gasteiger partial charge in [-0.25, -0.2) is 4.98 Å². The van der Waals surface area contributed by atoms with Crippen LogP contribution < -0.4 is 10.3 Å². The Balaban J connectivity index is 2.22. The molecule has 3 rings (SSSR count). The molecule has 0 amide bonds. The molecule has 0 aliphatic heterocycles. The predicted octanol–water partition coefficient (Wildman–Crippen LogP) is 2.37. The fourth-order valence-corrected chi connectivity index (χ4v) is 1.98. The van der Waals surface area contributed by atoms with Crippen molar-refractivity contribution in [3.8, 4) is 17.0 Å². The fraction of sp³-hybridized carbons (Fsp3) is 0.0667. The van der Waals surface area contributed by atoms with Gasteiger partial charge < -0.3 is 4.74 Å². The van der Waals surface area contributed by atoms with Crippen molar-refractivity contribution in [2.45, 2.75) is 0 Å². The van der Waals surface area contributed by atoms with Crippen LogP contribution in [-0.4, -0.2) is 16.5 Å². The Morgan fingerprint density at radius 3 is 2.84 bits per heavy atom. The molecule has 0 unspecified atom stereocenters. The average Bonchev–Trinajstić information content (AvgIpc) is 2.47. The number of hydrogen-bond acceptors (Lipinski definition) is 3. The van der Waals surface area contributed by atoms with Crippen LogP contribution in [0.4, 0.5) is 0 Å². The lowest BCUT2D eigenvalue weighted by Crippen LogP contribution is -2.13. The summed E-state index contributed by atoms with van der Waals surface area (Å²) in [6, 6.07) is 14.5. The summed E-state index contributed by atoms with van der Waals surface area (Å²) in [5.41, 5.74) is 2.05. The molecule has 0 spiro atoms. The van der Waals surface area contributed by atoms with Gasteiger partial charge in [0.2, 0.25) is 0 Å². The summed E-state index contributed by atoms with van der Waals surface area (Å²) in [6.07, 6.45) is 1.71. The van der Waals surface area contributed by atoms with Gasteiger partial charge in [-0.15, -0.1) is 0 Å². The molecule has 2 heterocycles. The Bertz CT molecular complexity index is 793. The fourth-order valence-electron chi connectivity index (χ4n) is 1.98. The highest BCUT2D eigenvalue weighted by atomic mass is 16.5. The Morgan fingerprint density at radius 2 is 2.00 bits per heavy atom. The van der Waals surface area contributed by atoms with E-state index < -0.39 is 0 Å². The van der Waals surface area contributed by atoms with Crippen LogP contribution in [-0.2, 0) is 0 Å². The van der Waals surface area contributed by atoms with Crippen LogP contribution in [0.15, 0.2) is 59.5 Å². The summed E-state index contributed by atoms with van der Waals surface area (Å²) in [6.45, 7) is 0. The van der Waals surface area contributed by atoms with E-state index in [1.807, 2.05) is 36.4 Å². The Hall–Kier alpha value is -2.62. The highest BCUT2D eigenvalue weighted by molar-refractivity contribution is 5.63. The summed E-state index contributed by atoms with van der Waals surface area (Å²) in [7, 11) is 1.61. The maximum Gasteiger partial charge on any atom is 0.258 e. The van der Waals surface area contributed by atoms with Crippen molar-refractivity contribution in [2.24, 2.45) is 0 Å². The second-order valence-corrected chi connectivity index (χ2v) is 4.14. The highest BCUT2D eigenvalue weighted by Crippen LogP contribution is 2.21. The van der Waals surface area contributed by atoms with Crippen molar-refractivity contribution in [2.75, 3.05) is 7.11 Å². The number of aromatic nitrogens is 2. The number of hydrogen-bond donors (Lipinski definition) is 0. The minimum absolute atomic E-state index is 0.0941. The number of nitrogens with zero attached hydrogens (tertiary/aromatic N) is 2. The smallest absolute Gasteiger partial charge is 0.258 e. The van der Waals surface area contributed by atoms with Crippen LogP contribution in [0.2, 0.25) is 0 Å². The third-order valence-electron chi connectivity index (χ3n) is 2.94. The lowest BCUT2D eigenvalue weighted by atomic mass is 10.1. The van der Waals surface area contributed by atoms with Crippen molar-refractivity contribution < 1.29 is 4.74 Å². The van der Waals surface area contributed by atoms with Crippen LogP contribution in [0.1, 0.15) is 0 Å². The van der Waals surface area contributed by atoms with Crippen molar-refractivity contribution in [1.29, 1.82) is 0 Å². The molecule has 19 heavy (non-hydrogen) atoms. The van der Waals surface area contributed by atoms with Gasteiger partial charge in [-0.1, -0.05) is 18.2 Å². The van der Waals surface area contributed by atoms with E-state index >= 15 is 0 Å². The molecule has 0 saturated heterocycles. The zero-order chi connectivity index (χ0) is 13.2. The molecule has 0 atom stereocenters. The molecule has 0 bridgehead atoms. The molecule has 3 aromatic rings. The van der Waals surface area contributed by atoms with E-state index in [9.17, 15) is 4.79 Å². The highest BCUT2D eigenvalue weighted by Gasteiger charge is 2.05. The lowest BCUT2D eigenvalue weighted by molar-refractivity contribution is 0.415. The second-order valence-electron chi connectivity index (χ2n) is 4.14. The van der Waals surface area contributed by atoms with E-state index in [1.165, 1.54) is 10.5 Å². The normalized spacial score (nSPS) is 10.6. The van der Waals surface area contributed by atoms with Crippen molar-refractivity contribution in [3.63, 3.8) is 0 Å². The van der Waals surface area contributed by atoms with E-state index in [4.69, 9.17) is 4.74 Å². The van der Waals surface area contributed by atoms with Gasteiger partial charge in [-0.05, 0) is 24.3 Å². The first kappa shape index (κ1) is 11.5. The van der Waals surface area contributed by atoms with E-state index in [2.05, 4.69) is 4.98 Å². The Labute approximate surface area is 109 Å². The monoisotopic (exact) mass is 252 g/mol. The zero-order valence-electron chi connectivity index (χ0n) is 10.4. The van der Waals surface area contributed by atoms with Gasteiger partial charge in [0, 0.05) is 17.8 Å². The van der Waals surface area contributed by atoms with Gasteiger partial charge in [-0.3, -0.25) is 9.20 Å². The van der Waals surface area contributed by atoms with Gasteiger partial charge in [0.05, 0.1) is 12.8 Å². The standard InChI is InChI=1S/C15H12N2O2/c1-19-12-6-4-5-11(9-12)13-10-15(18)17-8-3-2-7-14(17)16-13/h2-10H,1H3. The van der Waals surface area contributed by atoms with Crippen LogP contribution in [0.3, 0.4) is 0 Å². The molecular weight excluding hydrogens is 240 g/mol. The average molecular weight is 252 g/mol. The lowest BCUT2D eigenvalue weighted by Gasteiger charge is -2.05. The first-order valence-electron chi connectivity index (χ1n) is 5.91. The minimum atomic E-state index is -0.0941. The third-order valence-corrected chi connectivity index (χ3v) is 2.94. The zero-order valence-corrected chi connectivity index (χ0v) is 10.4. The van der Waals surface area contributed by atoms with Gasteiger partial charge in [-0.2, -0.15) is 0 Å². The molecule has 94 valence electrons. The maximum atomic E-state index is 12.0. The Kier molecular flexibility index (Phi) is 2.76. The van der Waals surface area contributed by atoms with Crippen LogP contribution in [0.25, 0.3) is 16.9 Å². The molecule has 0 aliphatic carbocycles. The predicted molar refractivity (Wildman–Crippen MR) is 73.5 cm³/mol. The summed E-state index contributed by atoms with van der Waals surface area (Å²) in [5.74, 6) is 0.743. The van der Waals surface area contributed by atoms with Crippen LogP contribution in [0, 0.1) is 0 Å². The molecule has 0 saturated carbocycles. The van der Waals surface area contributed by atoms with Crippen LogP contribution >= 0.6 is 0 Å². The Morgan fingerprint density at radius 1 is 1.11 bits per heavy atom. The number of fused-ring (bicyclic) bond motifs is 1. The van der Waals surface area contributed by atoms with E-state index in [-0.39, 0.29) is 5.56 Å². The van der Waals surface area contributed by atoms with Gasteiger partial charge >= 0.3 is 0 Å². The van der Waals surface area contributed by atoms with Gasteiger partial charge in [0.25, 0.3) is 5.56 Å². The molecule has 1 aromatic carbocycles. The second kappa shape index (κ2) is 4.57. The summed E-state index contributed by atoms with van der Waals surface area (Å²) < 4.78 is 6.70. The molecule has 4 heteroatoms. The largest absolute Gasteiger partial charge is 0.497 e. The SMILES string of the molecule is COc1cccc(-c2cc(=O)n3ccccc3n2)c1. The molecule has 4 nitrogen and oxygen atoms in total. The minimum Gasteiger partial charge on any atom is -0.497 e. The van der Waals surface area contributed by atoms with Crippen molar-refractivity contribution >= 4 is 5.65 Å². The number of rotatable bonds is 2. The molecule has 0 aliphatic rings. The molecular formula is C15H12N2O2. The van der Waals surface area contributed by atoms with E-state index in [0.29, 0.717) is 11.3 Å². The summed E-state index contributed by atoms with van der Waals surface area (Å²) in [4.78, 5) is 16.5. The third kappa shape index (κ3) is 2.08. The van der Waals surface area contributed by atoms with Gasteiger partial charge in [0.1, 0.15) is 11.4 Å². The number of pyridine rings is 1. The molecule has 0 N–H and O–H groups in total. The summed E-state index contributed by atoms with van der Waals surface area (Å²) >= 11 is 0. The van der Waals surface area contributed by atoms with E-state index in [0.717, 1.165) is 11.3 Å². The van der Waals surface area contributed by atoms with Gasteiger partial charge in [0.15, 0.2) is 0 Å². The van der Waals surface area contributed by atoms with Crippen molar-refractivity contribution in [1.82, 2.24) is 9.38 Å². The first-order valence-corrected chi connectivity index (χ1v) is 5.91. The molecule has 0 fully saturated rings.